The molecule has 1 aliphatic rings. The third-order valence-electron chi connectivity index (χ3n) is 4.69. The number of aryl methyl sites for hydroxylation is 1. The zero-order chi connectivity index (χ0) is 18.1. The van der Waals surface area contributed by atoms with E-state index < -0.39 is 0 Å². The molecule has 0 bridgehead atoms. The molecule has 0 radical (unpaired) electrons. The minimum atomic E-state index is 0. The second-order valence-corrected chi connectivity index (χ2v) is 8.05. The van der Waals surface area contributed by atoms with Gasteiger partial charge in [-0.2, -0.15) is 5.10 Å². The molecule has 9 heteroatoms. The summed E-state index contributed by atoms with van der Waals surface area (Å²) in [5.74, 6) is 1.43. The van der Waals surface area contributed by atoms with Crippen LogP contribution in [0.1, 0.15) is 22.9 Å². The fourth-order valence-electron chi connectivity index (χ4n) is 3.39. The van der Waals surface area contributed by atoms with E-state index in [1.807, 2.05) is 43.2 Å². The first-order valence-corrected chi connectivity index (χ1v) is 9.81. The number of likely N-dealkylation sites (tertiary alicyclic amines) is 1. The van der Waals surface area contributed by atoms with Gasteiger partial charge in [0, 0.05) is 44.3 Å². The lowest BCUT2D eigenvalue weighted by Crippen LogP contribution is -2.39. The van der Waals surface area contributed by atoms with Crippen LogP contribution in [0.2, 0.25) is 5.02 Å². The third-order valence-corrected chi connectivity index (χ3v) is 5.96. The molecule has 0 spiro atoms. The van der Waals surface area contributed by atoms with Crippen molar-refractivity contribution in [3.05, 3.63) is 46.2 Å². The average molecular weight is 517 g/mol. The van der Waals surface area contributed by atoms with Gasteiger partial charge in [-0.05, 0) is 30.2 Å². The van der Waals surface area contributed by atoms with Gasteiger partial charge in [-0.25, -0.2) is 4.98 Å². The lowest BCUT2D eigenvalue weighted by atomic mass is 10.0. The second-order valence-electron chi connectivity index (χ2n) is 6.50. The van der Waals surface area contributed by atoms with E-state index in [9.17, 15) is 0 Å². The maximum absolute atomic E-state index is 6.05. The molecule has 3 heterocycles. The number of hydrogen-bond donors (Lipinski definition) is 1. The summed E-state index contributed by atoms with van der Waals surface area (Å²) >= 11 is 7.73. The van der Waals surface area contributed by atoms with Gasteiger partial charge in [-0.15, -0.1) is 35.3 Å². The van der Waals surface area contributed by atoms with Gasteiger partial charge in [-0.1, -0.05) is 11.6 Å². The highest BCUT2D eigenvalue weighted by atomic mass is 127. The Kier molecular flexibility index (Phi) is 6.59. The lowest BCUT2D eigenvalue weighted by molar-refractivity contribution is 0.485. The van der Waals surface area contributed by atoms with Gasteiger partial charge >= 0.3 is 0 Å². The standard InChI is InChI=1S/C18H21ClN6S.HI/c1-20-18(25-6-5-12(11-25)13-8-22-24(2)10-13)21-9-17-23-15-7-14(19)3-4-16(15)26-17;/h3-4,7-8,10,12H,5-6,9,11H2,1-2H3,(H,20,21);1H. The molecule has 4 rings (SSSR count). The third kappa shape index (κ3) is 4.55. The number of hydrogen-bond acceptors (Lipinski definition) is 4. The molecule has 3 aromatic rings. The summed E-state index contributed by atoms with van der Waals surface area (Å²) < 4.78 is 3.02. The van der Waals surface area contributed by atoms with E-state index in [4.69, 9.17) is 11.6 Å². The van der Waals surface area contributed by atoms with E-state index in [2.05, 4.69) is 31.5 Å². The molecule has 1 aliphatic heterocycles. The van der Waals surface area contributed by atoms with E-state index in [1.165, 1.54) is 5.56 Å². The Morgan fingerprint density at radius 1 is 1.44 bits per heavy atom. The van der Waals surface area contributed by atoms with Crippen LogP contribution in [0, 0.1) is 0 Å². The van der Waals surface area contributed by atoms with Gasteiger partial charge in [0.05, 0.1) is 23.0 Å². The molecular weight excluding hydrogens is 495 g/mol. The van der Waals surface area contributed by atoms with Crippen LogP contribution in [0.3, 0.4) is 0 Å². The Morgan fingerprint density at radius 2 is 2.30 bits per heavy atom. The van der Waals surface area contributed by atoms with E-state index in [0.717, 1.165) is 45.7 Å². The van der Waals surface area contributed by atoms with Crippen molar-refractivity contribution in [3.63, 3.8) is 0 Å². The predicted molar refractivity (Wildman–Crippen MR) is 122 cm³/mol. The van der Waals surface area contributed by atoms with Gasteiger partial charge in [-0.3, -0.25) is 9.67 Å². The van der Waals surface area contributed by atoms with Crippen molar-refractivity contribution in [1.29, 1.82) is 0 Å². The van der Waals surface area contributed by atoms with Crippen molar-refractivity contribution in [1.82, 2.24) is 25.0 Å². The Hall–Kier alpha value is -1.39. The molecule has 1 atom stereocenters. The first-order chi connectivity index (χ1) is 12.6. The van der Waals surface area contributed by atoms with E-state index in [1.54, 1.807) is 11.3 Å². The number of aromatic nitrogens is 3. The molecule has 0 aliphatic carbocycles. The number of thiazole rings is 1. The van der Waals surface area contributed by atoms with Gasteiger partial charge in [0.2, 0.25) is 0 Å². The van der Waals surface area contributed by atoms with Crippen LogP contribution in [0.15, 0.2) is 35.6 Å². The Bertz CT molecular complexity index is 952. The molecule has 27 heavy (non-hydrogen) atoms. The van der Waals surface area contributed by atoms with Gasteiger partial charge in [0.1, 0.15) is 5.01 Å². The van der Waals surface area contributed by atoms with Crippen molar-refractivity contribution in [2.45, 2.75) is 18.9 Å². The van der Waals surface area contributed by atoms with Crippen LogP contribution in [0.25, 0.3) is 10.2 Å². The maximum Gasteiger partial charge on any atom is 0.194 e. The zero-order valence-electron chi connectivity index (χ0n) is 15.2. The zero-order valence-corrected chi connectivity index (χ0v) is 19.1. The molecule has 1 unspecified atom stereocenters. The fraction of sp³-hybridized carbons (Fsp3) is 0.389. The molecule has 144 valence electrons. The van der Waals surface area contributed by atoms with Crippen molar-refractivity contribution in [3.8, 4) is 0 Å². The highest BCUT2D eigenvalue weighted by Gasteiger charge is 2.26. The van der Waals surface area contributed by atoms with Gasteiger partial charge < -0.3 is 10.2 Å². The summed E-state index contributed by atoms with van der Waals surface area (Å²) in [7, 11) is 3.79. The fourth-order valence-corrected chi connectivity index (χ4v) is 4.44. The Labute approximate surface area is 184 Å². The summed E-state index contributed by atoms with van der Waals surface area (Å²) in [6.45, 7) is 2.62. The molecule has 1 fully saturated rings. The Balaban J connectivity index is 0.00000210. The molecule has 1 saturated heterocycles. The number of fused-ring (bicyclic) bond motifs is 1. The average Bonchev–Trinajstić information content (AvgIpc) is 3.34. The molecule has 2 aromatic heterocycles. The number of guanidine groups is 1. The van der Waals surface area contributed by atoms with Crippen LogP contribution in [-0.2, 0) is 13.6 Å². The maximum atomic E-state index is 6.05. The molecule has 1 N–H and O–H groups in total. The van der Waals surface area contributed by atoms with E-state index in [0.29, 0.717) is 12.5 Å². The van der Waals surface area contributed by atoms with Gasteiger partial charge in [0.15, 0.2) is 5.96 Å². The highest BCUT2D eigenvalue weighted by molar-refractivity contribution is 14.0. The van der Waals surface area contributed by atoms with Crippen LogP contribution >= 0.6 is 46.9 Å². The topological polar surface area (TPSA) is 58.3 Å². The number of aliphatic imine (C=N–C) groups is 1. The number of rotatable bonds is 3. The van der Waals surface area contributed by atoms with Crippen molar-refractivity contribution < 1.29 is 0 Å². The summed E-state index contributed by atoms with van der Waals surface area (Å²) in [5.41, 5.74) is 2.25. The van der Waals surface area contributed by atoms with Crippen LogP contribution in [0.5, 0.6) is 0 Å². The second kappa shape index (κ2) is 8.74. The van der Waals surface area contributed by atoms with E-state index >= 15 is 0 Å². The van der Waals surface area contributed by atoms with Gasteiger partial charge in [0.25, 0.3) is 0 Å². The molecular formula is C18H22ClIN6S. The number of halogens is 2. The molecule has 0 amide bonds. The number of benzene rings is 1. The minimum absolute atomic E-state index is 0. The minimum Gasteiger partial charge on any atom is -0.350 e. The van der Waals surface area contributed by atoms with Crippen molar-refractivity contribution in [2.75, 3.05) is 20.1 Å². The first kappa shape index (κ1) is 20.3. The van der Waals surface area contributed by atoms with Crippen molar-refractivity contribution in [2.24, 2.45) is 12.0 Å². The predicted octanol–water partition coefficient (Wildman–Crippen LogP) is 3.87. The molecule has 6 nitrogen and oxygen atoms in total. The monoisotopic (exact) mass is 516 g/mol. The van der Waals surface area contributed by atoms with Crippen LogP contribution in [0.4, 0.5) is 0 Å². The summed E-state index contributed by atoms with van der Waals surface area (Å²) in [6, 6.07) is 5.83. The van der Waals surface area contributed by atoms with Crippen LogP contribution < -0.4 is 5.32 Å². The largest absolute Gasteiger partial charge is 0.350 e. The first-order valence-electron chi connectivity index (χ1n) is 8.61. The molecule has 0 saturated carbocycles. The van der Waals surface area contributed by atoms with E-state index in [-0.39, 0.29) is 24.0 Å². The lowest BCUT2D eigenvalue weighted by Gasteiger charge is -2.21. The SMILES string of the molecule is CN=C(NCc1nc2cc(Cl)ccc2s1)N1CCC(c2cnn(C)c2)C1.I. The normalized spacial score (nSPS) is 17.4. The number of nitrogens with zero attached hydrogens (tertiary/aromatic N) is 5. The smallest absolute Gasteiger partial charge is 0.194 e. The van der Waals surface area contributed by atoms with Crippen LogP contribution in [-0.4, -0.2) is 45.8 Å². The Morgan fingerprint density at radius 3 is 3.04 bits per heavy atom. The molecule has 1 aromatic carbocycles. The summed E-state index contributed by atoms with van der Waals surface area (Å²) in [4.78, 5) is 11.4. The number of nitrogens with one attached hydrogen (secondary N) is 1. The van der Waals surface area contributed by atoms with Crippen molar-refractivity contribution >= 4 is 63.1 Å². The highest BCUT2D eigenvalue weighted by Crippen LogP contribution is 2.27. The summed E-state index contributed by atoms with van der Waals surface area (Å²) in [5, 5.41) is 9.49. The summed E-state index contributed by atoms with van der Waals surface area (Å²) in [6.07, 6.45) is 5.19. The quantitative estimate of drug-likeness (QED) is 0.326.